The topological polar surface area (TPSA) is 101 Å². The van der Waals surface area contributed by atoms with Crippen LogP contribution in [0.3, 0.4) is 0 Å². The van der Waals surface area contributed by atoms with Crippen LogP contribution in [0.4, 0.5) is 17.8 Å². The number of aromatic nitrogens is 3. The standard InChI is InChI=1S/C13H24N6O2/c1-18(5-3-2-4-8-20)12-15-11(14)16-13(17-12)19-6-9-21-10-7-19/h20H,2-10H2,1H3,(H2,14,15,16,17). The minimum absolute atomic E-state index is 0.240. The highest BCUT2D eigenvalue weighted by atomic mass is 16.5. The van der Waals surface area contributed by atoms with Crippen molar-refractivity contribution in [1.82, 2.24) is 15.0 Å². The molecule has 0 radical (unpaired) electrons. The highest BCUT2D eigenvalue weighted by Crippen LogP contribution is 2.16. The van der Waals surface area contributed by atoms with E-state index in [2.05, 4.69) is 19.9 Å². The molecule has 2 rings (SSSR count). The van der Waals surface area contributed by atoms with Gasteiger partial charge in [-0.2, -0.15) is 15.0 Å². The lowest BCUT2D eigenvalue weighted by Crippen LogP contribution is -2.38. The maximum absolute atomic E-state index is 8.79. The Morgan fingerprint density at radius 2 is 1.95 bits per heavy atom. The van der Waals surface area contributed by atoms with Gasteiger partial charge in [0.15, 0.2) is 0 Å². The smallest absolute Gasteiger partial charge is 0.232 e. The van der Waals surface area contributed by atoms with Gasteiger partial charge in [0.05, 0.1) is 13.2 Å². The number of unbranched alkanes of at least 4 members (excludes halogenated alkanes) is 2. The molecule has 8 heteroatoms. The first-order chi connectivity index (χ1) is 10.2. The van der Waals surface area contributed by atoms with Crippen LogP contribution >= 0.6 is 0 Å². The molecule has 21 heavy (non-hydrogen) atoms. The van der Waals surface area contributed by atoms with E-state index in [1.54, 1.807) is 0 Å². The minimum atomic E-state index is 0.240. The van der Waals surface area contributed by atoms with Crippen LogP contribution in [-0.2, 0) is 4.74 Å². The number of ether oxygens (including phenoxy) is 1. The second kappa shape index (κ2) is 7.94. The summed E-state index contributed by atoms with van der Waals surface area (Å²) in [7, 11) is 1.94. The first-order valence-electron chi connectivity index (χ1n) is 7.37. The van der Waals surface area contributed by atoms with Crippen molar-refractivity contribution in [2.24, 2.45) is 0 Å². The van der Waals surface area contributed by atoms with Crippen LogP contribution in [0, 0.1) is 0 Å². The van der Waals surface area contributed by atoms with Gasteiger partial charge in [0.25, 0.3) is 0 Å². The number of nitrogens with zero attached hydrogens (tertiary/aromatic N) is 5. The van der Waals surface area contributed by atoms with Gasteiger partial charge in [-0.15, -0.1) is 0 Å². The van der Waals surface area contributed by atoms with Crippen LogP contribution in [0.5, 0.6) is 0 Å². The Bertz CT molecular complexity index is 439. The monoisotopic (exact) mass is 296 g/mol. The zero-order chi connectivity index (χ0) is 15.1. The third-order valence-corrected chi connectivity index (χ3v) is 3.42. The Morgan fingerprint density at radius 3 is 2.67 bits per heavy atom. The first-order valence-corrected chi connectivity index (χ1v) is 7.37. The maximum Gasteiger partial charge on any atom is 0.232 e. The minimum Gasteiger partial charge on any atom is -0.396 e. The number of aliphatic hydroxyl groups excluding tert-OH is 1. The molecule has 0 atom stereocenters. The van der Waals surface area contributed by atoms with E-state index in [-0.39, 0.29) is 12.6 Å². The molecular weight excluding hydrogens is 272 g/mol. The summed E-state index contributed by atoms with van der Waals surface area (Å²) in [6, 6.07) is 0. The summed E-state index contributed by atoms with van der Waals surface area (Å²) in [5.74, 6) is 1.44. The molecule has 118 valence electrons. The Balaban J connectivity index is 2.00. The van der Waals surface area contributed by atoms with E-state index < -0.39 is 0 Å². The summed E-state index contributed by atoms with van der Waals surface area (Å²) in [5, 5.41) is 8.79. The van der Waals surface area contributed by atoms with Crippen molar-refractivity contribution in [1.29, 1.82) is 0 Å². The molecule has 1 aliphatic rings. The van der Waals surface area contributed by atoms with Crippen LogP contribution in [0.1, 0.15) is 19.3 Å². The van der Waals surface area contributed by atoms with Crippen LogP contribution in [0.25, 0.3) is 0 Å². The van der Waals surface area contributed by atoms with Gasteiger partial charge >= 0.3 is 0 Å². The van der Waals surface area contributed by atoms with Crippen molar-refractivity contribution in [3.8, 4) is 0 Å². The van der Waals surface area contributed by atoms with Gasteiger partial charge in [-0.1, -0.05) is 0 Å². The number of anilines is 3. The Labute approximate surface area is 125 Å². The second-order valence-electron chi connectivity index (χ2n) is 5.10. The molecule has 0 bridgehead atoms. The lowest BCUT2D eigenvalue weighted by molar-refractivity contribution is 0.122. The third kappa shape index (κ3) is 4.68. The predicted molar refractivity (Wildman–Crippen MR) is 81.5 cm³/mol. The highest BCUT2D eigenvalue weighted by molar-refractivity contribution is 5.43. The van der Waals surface area contributed by atoms with Gasteiger partial charge in [-0.3, -0.25) is 0 Å². The quantitative estimate of drug-likeness (QED) is 0.672. The van der Waals surface area contributed by atoms with Gasteiger partial charge in [0, 0.05) is 33.3 Å². The SMILES string of the molecule is CN(CCCCCO)c1nc(N)nc(N2CCOCC2)n1. The molecule has 0 saturated carbocycles. The molecule has 0 spiro atoms. The van der Waals surface area contributed by atoms with E-state index in [4.69, 9.17) is 15.6 Å². The molecule has 8 nitrogen and oxygen atoms in total. The summed E-state index contributed by atoms with van der Waals surface area (Å²) < 4.78 is 5.33. The molecule has 1 saturated heterocycles. The fraction of sp³-hybridized carbons (Fsp3) is 0.769. The molecule has 0 aliphatic carbocycles. The van der Waals surface area contributed by atoms with Crippen molar-refractivity contribution in [2.75, 3.05) is 62.0 Å². The van der Waals surface area contributed by atoms with E-state index in [1.807, 2.05) is 11.9 Å². The molecule has 3 N–H and O–H groups in total. The number of nitrogens with two attached hydrogens (primary N) is 1. The highest BCUT2D eigenvalue weighted by Gasteiger charge is 2.17. The fourth-order valence-corrected chi connectivity index (χ4v) is 2.18. The molecule has 2 heterocycles. The summed E-state index contributed by atoms with van der Waals surface area (Å²) >= 11 is 0. The van der Waals surface area contributed by atoms with E-state index in [0.717, 1.165) is 38.9 Å². The predicted octanol–water partition coefficient (Wildman–Crippen LogP) is -0.111. The zero-order valence-electron chi connectivity index (χ0n) is 12.5. The zero-order valence-corrected chi connectivity index (χ0v) is 12.5. The van der Waals surface area contributed by atoms with Gasteiger partial charge in [-0.25, -0.2) is 0 Å². The summed E-state index contributed by atoms with van der Waals surface area (Å²) in [6.45, 7) is 3.96. The van der Waals surface area contributed by atoms with Gasteiger partial charge < -0.3 is 25.4 Å². The molecule has 0 aromatic carbocycles. The molecule has 1 aromatic rings. The number of aliphatic hydroxyl groups is 1. The van der Waals surface area contributed by atoms with E-state index >= 15 is 0 Å². The fourth-order valence-electron chi connectivity index (χ4n) is 2.18. The molecular formula is C13H24N6O2. The normalized spacial score (nSPS) is 15.2. The van der Waals surface area contributed by atoms with Crippen molar-refractivity contribution < 1.29 is 9.84 Å². The Kier molecular flexibility index (Phi) is 5.94. The average molecular weight is 296 g/mol. The first kappa shape index (κ1) is 15.7. The van der Waals surface area contributed by atoms with Crippen molar-refractivity contribution in [2.45, 2.75) is 19.3 Å². The summed E-state index contributed by atoms with van der Waals surface area (Å²) in [4.78, 5) is 17.0. The average Bonchev–Trinajstić information content (AvgIpc) is 2.51. The van der Waals surface area contributed by atoms with Crippen LogP contribution in [-0.4, -0.2) is 66.6 Å². The number of nitrogen functional groups attached to an aromatic ring is 1. The summed E-state index contributed by atoms with van der Waals surface area (Å²) in [5.41, 5.74) is 5.80. The second-order valence-corrected chi connectivity index (χ2v) is 5.10. The largest absolute Gasteiger partial charge is 0.396 e. The lowest BCUT2D eigenvalue weighted by Gasteiger charge is -2.27. The van der Waals surface area contributed by atoms with E-state index in [1.165, 1.54) is 0 Å². The van der Waals surface area contributed by atoms with E-state index in [0.29, 0.717) is 25.1 Å². The van der Waals surface area contributed by atoms with Crippen molar-refractivity contribution in [3.63, 3.8) is 0 Å². The van der Waals surface area contributed by atoms with Gasteiger partial charge in [0.2, 0.25) is 17.8 Å². The molecule has 1 aromatic heterocycles. The van der Waals surface area contributed by atoms with Crippen LogP contribution < -0.4 is 15.5 Å². The van der Waals surface area contributed by atoms with Crippen molar-refractivity contribution in [3.05, 3.63) is 0 Å². The Morgan fingerprint density at radius 1 is 1.19 bits per heavy atom. The van der Waals surface area contributed by atoms with Gasteiger partial charge in [0.1, 0.15) is 0 Å². The molecule has 0 amide bonds. The van der Waals surface area contributed by atoms with E-state index in [9.17, 15) is 0 Å². The number of hydrogen-bond acceptors (Lipinski definition) is 8. The molecule has 1 aliphatic heterocycles. The molecule has 1 fully saturated rings. The number of hydrogen-bond donors (Lipinski definition) is 2. The summed E-state index contributed by atoms with van der Waals surface area (Å²) in [6.07, 6.45) is 2.79. The Hall–Kier alpha value is -1.67. The lowest BCUT2D eigenvalue weighted by atomic mass is 10.2. The third-order valence-electron chi connectivity index (χ3n) is 3.42. The molecule has 0 unspecified atom stereocenters. The number of rotatable bonds is 7. The maximum atomic E-state index is 8.79. The van der Waals surface area contributed by atoms with Crippen LogP contribution in [0.2, 0.25) is 0 Å². The van der Waals surface area contributed by atoms with Crippen LogP contribution in [0.15, 0.2) is 0 Å². The number of morpholine rings is 1. The van der Waals surface area contributed by atoms with Crippen molar-refractivity contribution >= 4 is 17.8 Å². The van der Waals surface area contributed by atoms with Gasteiger partial charge in [-0.05, 0) is 19.3 Å².